The van der Waals surface area contributed by atoms with Crippen molar-refractivity contribution in [2.45, 2.75) is 45.0 Å². The minimum atomic E-state index is -4.89. The van der Waals surface area contributed by atoms with E-state index in [1.54, 1.807) is 7.11 Å². The third kappa shape index (κ3) is 6.50. The van der Waals surface area contributed by atoms with E-state index in [0.717, 1.165) is 15.7 Å². The van der Waals surface area contributed by atoms with Crippen molar-refractivity contribution in [3.8, 4) is 5.75 Å². The average molecular weight is 569 g/mol. The number of hydrogen-bond acceptors (Lipinski definition) is 4. The number of rotatable bonds is 8. The van der Waals surface area contributed by atoms with Crippen molar-refractivity contribution in [1.82, 2.24) is 20.2 Å². The second-order valence-corrected chi connectivity index (χ2v) is 7.34. The highest BCUT2D eigenvalue weighted by atomic mass is 127. The second kappa shape index (κ2) is 11.7. The number of aryl methyl sites for hydroxylation is 2. The Hall–Kier alpha value is -2.02. The summed E-state index contributed by atoms with van der Waals surface area (Å²) in [5, 5.41) is 16.7. The van der Waals surface area contributed by atoms with Gasteiger partial charge in [-0.05, 0) is 26.8 Å². The standard InChI is InChI=1S/C21H30F3N5O2.HI/c1-6-25-19(28-15(3)16-13-14(2)7-8-17(16)31-5)27-10-9-20(30,21(22,23)24)18-26-11-12-29(18)4;/h7-8,11-13,15,30H,6,9-10H2,1-5H3,(H2,25,27,28);1H. The fourth-order valence-electron chi connectivity index (χ4n) is 3.27. The summed E-state index contributed by atoms with van der Waals surface area (Å²) in [6.07, 6.45) is -2.98. The van der Waals surface area contributed by atoms with E-state index in [2.05, 4.69) is 20.6 Å². The Morgan fingerprint density at radius 2 is 2.03 bits per heavy atom. The Morgan fingerprint density at radius 3 is 2.56 bits per heavy atom. The molecule has 0 saturated carbocycles. The lowest BCUT2D eigenvalue weighted by atomic mass is 9.98. The summed E-state index contributed by atoms with van der Waals surface area (Å²) in [4.78, 5) is 7.95. The minimum Gasteiger partial charge on any atom is -0.496 e. The van der Waals surface area contributed by atoms with Gasteiger partial charge < -0.3 is 25.0 Å². The smallest absolute Gasteiger partial charge is 0.424 e. The van der Waals surface area contributed by atoms with Crippen LogP contribution in [0.5, 0.6) is 5.75 Å². The molecule has 32 heavy (non-hydrogen) atoms. The molecule has 1 aromatic heterocycles. The molecule has 0 saturated heterocycles. The van der Waals surface area contributed by atoms with Crippen molar-refractivity contribution < 1.29 is 23.0 Å². The number of halogens is 4. The van der Waals surface area contributed by atoms with Crippen LogP contribution in [0.4, 0.5) is 13.2 Å². The van der Waals surface area contributed by atoms with Crippen LogP contribution in [0.2, 0.25) is 0 Å². The Bertz CT molecular complexity index is 904. The maximum Gasteiger partial charge on any atom is 0.424 e. The number of imidazole rings is 1. The highest BCUT2D eigenvalue weighted by Gasteiger charge is 2.57. The number of aliphatic imine (C=N–C) groups is 1. The number of hydrogen-bond donors (Lipinski definition) is 3. The lowest BCUT2D eigenvalue weighted by Crippen LogP contribution is -2.45. The molecule has 3 N–H and O–H groups in total. The lowest BCUT2D eigenvalue weighted by Gasteiger charge is -2.29. The summed E-state index contributed by atoms with van der Waals surface area (Å²) in [6, 6.07) is 5.56. The van der Waals surface area contributed by atoms with Crippen LogP contribution in [0.25, 0.3) is 0 Å². The molecule has 180 valence electrons. The molecule has 0 bridgehead atoms. The van der Waals surface area contributed by atoms with Crippen LogP contribution in [0, 0.1) is 6.92 Å². The molecule has 0 aliphatic rings. The molecule has 0 amide bonds. The summed E-state index contributed by atoms with van der Waals surface area (Å²) in [5.74, 6) is 0.566. The molecule has 2 rings (SSSR count). The first-order valence-electron chi connectivity index (χ1n) is 9.99. The van der Waals surface area contributed by atoms with Gasteiger partial charge in [-0.3, -0.25) is 4.99 Å². The predicted octanol–water partition coefficient (Wildman–Crippen LogP) is 3.81. The van der Waals surface area contributed by atoms with Gasteiger partial charge in [-0.15, -0.1) is 24.0 Å². The van der Waals surface area contributed by atoms with Gasteiger partial charge in [0.05, 0.1) is 13.2 Å². The van der Waals surface area contributed by atoms with Gasteiger partial charge in [0.25, 0.3) is 0 Å². The van der Waals surface area contributed by atoms with Gasteiger partial charge in [-0.25, -0.2) is 4.98 Å². The number of benzene rings is 1. The summed E-state index contributed by atoms with van der Waals surface area (Å²) >= 11 is 0. The molecule has 0 radical (unpaired) electrons. The van der Waals surface area contributed by atoms with E-state index in [4.69, 9.17) is 4.74 Å². The van der Waals surface area contributed by atoms with Gasteiger partial charge in [-0.2, -0.15) is 13.2 Å². The van der Waals surface area contributed by atoms with Gasteiger partial charge in [0.1, 0.15) is 11.6 Å². The molecule has 2 aromatic rings. The molecule has 11 heteroatoms. The summed E-state index contributed by atoms with van der Waals surface area (Å²) in [7, 11) is 2.99. The largest absolute Gasteiger partial charge is 0.496 e. The van der Waals surface area contributed by atoms with Crippen molar-refractivity contribution in [1.29, 1.82) is 0 Å². The average Bonchev–Trinajstić information content (AvgIpc) is 3.13. The zero-order valence-electron chi connectivity index (χ0n) is 18.8. The van der Waals surface area contributed by atoms with E-state index in [1.807, 2.05) is 39.0 Å². The van der Waals surface area contributed by atoms with Crippen LogP contribution >= 0.6 is 24.0 Å². The van der Waals surface area contributed by atoms with Gasteiger partial charge in [0.15, 0.2) is 5.96 Å². The van der Waals surface area contributed by atoms with E-state index in [1.165, 1.54) is 19.4 Å². The molecule has 1 heterocycles. The van der Waals surface area contributed by atoms with E-state index in [-0.39, 0.29) is 36.6 Å². The molecule has 2 unspecified atom stereocenters. The molecule has 0 aliphatic carbocycles. The maximum atomic E-state index is 13.7. The molecule has 0 fully saturated rings. The molecule has 0 aliphatic heterocycles. The number of ether oxygens (including phenoxy) is 1. The second-order valence-electron chi connectivity index (χ2n) is 7.34. The quantitative estimate of drug-likeness (QED) is 0.256. The number of nitrogens with one attached hydrogen (secondary N) is 2. The Kier molecular flexibility index (Phi) is 10.3. The number of alkyl halides is 3. The van der Waals surface area contributed by atoms with Gasteiger partial charge in [0.2, 0.25) is 5.60 Å². The van der Waals surface area contributed by atoms with Crippen LogP contribution < -0.4 is 15.4 Å². The number of aromatic nitrogens is 2. The molecule has 7 nitrogen and oxygen atoms in total. The van der Waals surface area contributed by atoms with Crippen LogP contribution in [0.3, 0.4) is 0 Å². The number of guanidine groups is 1. The zero-order valence-corrected chi connectivity index (χ0v) is 21.2. The Balaban J connectivity index is 0.00000512. The molecular weight excluding hydrogens is 538 g/mol. The number of methoxy groups -OCH3 is 1. The SMILES string of the molecule is CCNC(=NCCC(O)(c1nccn1C)C(F)(F)F)NC(C)c1cc(C)ccc1OC.I. The van der Waals surface area contributed by atoms with Gasteiger partial charge in [-0.1, -0.05) is 17.7 Å². The van der Waals surface area contributed by atoms with E-state index in [0.29, 0.717) is 18.3 Å². The van der Waals surface area contributed by atoms with Crippen molar-refractivity contribution in [2.75, 3.05) is 20.2 Å². The van der Waals surface area contributed by atoms with E-state index < -0.39 is 24.0 Å². The molecular formula is C21H31F3IN5O2. The summed E-state index contributed by atoms with van der Waals surface area (Å²) < 4.78 is 47.6. The number of nitrogens with zero attached hydrogens (tertiary/aromatic N) is 3. The first-order chi connectivity index (χ1) is 14.5. The fraction of sp³-hybridized carbons (Fsp3) is 0.524. The summed E-state index contributed by atoms with van der Waals surface area (Å²) in [5.41, 5.74) is -1.15. The van der Waals surface area contributed by atoms with Crippen LogP contribution in [0.15, 0.2) is 35.6 Å². The van der Waals surface area contributed by atoms with E-state index >= 15 is 0 Å². The Labute approximate surface area is 203 Å². The lowest BCUT2D eigenvalue weighted by molar-refractivity contribution is -0.272. The molecule has 2 atom stereocenters. The molecule has 1 aromatic carbocycles. The third-order valence-corrected chi connectivity index (χ3v) is 4.95. The van der Waals surface area contributed by atoms with Crippen LogP contribution in [-0.2, 0) is 12.6 Å². The minimum absolute atomic E-state index is 0. The third-order valence-electron chi connectivity index (χ3n) is 4.95. The summed E-state index contributed by atoms with van der Waals surface area (Å²) in [6.45, 7) is 5.98. The fourth-order valence-corrected chi connectivity index (χ4v) is 3.27. The predicted molar refractivity (Wildman–Crippen MR) is 128 cm³/mol. The topological polar surface area (TPSA) is 83.7 Å². The van der Waals surface area contributed by atoms with Crippen molar-refractivity contribution in [2.24, 2.45) is 12.0 Å². The van der Waals surface area contributed by atoms with Gasteiger partial charge >= 0.3 is 6.18 Å². The zero-order chi connectivity index (χ0) is 23.2. The molecule has 0 spiro atoms. The van der Waals surface area contributed by atoms with Crippen molar-refractivity contribution in [3.63, 3.8) is 0 Å². The Morgan fingerprint density at radius 1 is 1.34 bits per heavy atom. The first-order valence-corrected chi connectivity index (χ1v) is 9.99. The highest BCUT2D eigenvalue weighted by molar-refractivity contribution is 14.0. The maximum absolute atomic E-state index is 13.7. The highest BCUT2D eigenvalue weighted by Crippen LogP contribution is 2.40. The normalized spacial score (nSPS) is 14.8. The number of aliphatic hydroxyl groups is 1. The van der Waals surface area contributed by atoms with Gasteiger partial charge in [0, 0.05) is 44.5 Å². The van der Waals surface area contributed by atoms with E-state index in [9.17, 15) is 18.3 Å². The van der Waals surface area contributed by atoms with Crippen LogP contribution in [0.1, 0.15) is 43.3 Å². The van der Waals surface area contributed by atoms with Crippen molar-refractivity contribution >= 4 is 29.9 Å². The van der Waals surface area contributed by atoms with Crippen molar-refractivity contribution in [3.05, 3.63) is 47.5 Å². The monoisotopic (exact) mass is 569 g/mol. The van der Waals surface area contributed by atoms with Crippen LogP contribution in [-0.4, -0.2) is 47.0 Å². The first kappa shape index (κ1) is 28.0.